The topological polar surface area (TPSA) is 74.7 Å². The molecule has 0 bridgehead atoms. The van der Waals surface area contributed by atoms with Gasteiger partial charge >= 0.3 is 7.60 Å². The van der Waals surface area contributed by atoms with E-state index in [1.54, 1.807) is 19.9 Å². The van der Waals surface area contributed by atoms with Crippen molar-refractivity contribution in [2.45, 2.75) is 19.6 Å². The molecule has 92 valence electrons. The van der Waals surface area contributed by atoms with Gasteiger partial charge in [0, 0.05) is 0 Å². The fourth-order valence-corrected chi connectivity index (χ4v) is 2.92. The Balaban J connectivity index is 2.90. The third-order valence-electron chi connectivity index (χ3n) is 1.84. The standard InChI is InChI=1S/C9H15ClNO4P/c1-3-13-16(12,14-4-2)9(11)7-5-6-8(10)15-7/h5-6,9H,3-4,11H2,1-2H3/t9-/m0/s1. The molecule has 7 heteroatoms. The van der Waals surface area contributed by atoms with Gasteiger partial charge in [0.05, 0.1) is 13.2 Å². The van der Waals surface area contributed by atoms with E-state index in [2.05, 4.69) is 0 Å². The molecule has 0 amide bonds. The zero-order chi connectivity index (χ0) is 12.2. The molecule has 1 aromatic rings. The second-order valence-corrected chi connectivity index (χ2v) is 5.49. The van der Waals surface area contributed by atoms with Crippen LogP contribution in [-0.2, 0) is 13.6 Å². The van der Waals surface area contributed by atoms with E-state index < -0.39 is 13.4 Å². The molecule has 0 saturated heterocycles. The van der Waals surface area contributed by atoms with Gasteiger partial charge < -0.3 is 19.2 Å². The Morgan fingerprint density at radius 2 is 2.00 bits per heavy atom. The zero-order valence-electron chi connectivity index (χ0n) is 9.18. The van der Waals surface area contributed by atoms with Crippen LogP contribution in [0.5, 0.6) is 0 Å². The molecule has 0 fully saturated rings. The molecule has 1 heterocycles. The van der Waals surface area contributed by atoms with Crippen LogP contribution in [-0.4, -0.2) is 13.2 Å². The molecule has 0 saturated carbocycles. The maximum absolute atomic E-state index is 12.3. The van der Waals surface area contributed by atoms with Gasteiger partial charge in [0.1, 0.15) is 5.76 Å². The van der Waals surface area contributed by atoms with Crippen molar-refractivity contribution in [1.29, 1.82) is 0 Å². The number of rotatable bonds is 6. The summed E-state index contributed by atoms with van der Waals surface area (Å²) >= 11 is 5.62. The number of furan rings is 1. The van der Waals surface area contributed by atoms with Crippen molar-refractivity contribution in [3.05, 3.63) is 23.1 Å². The van der Waals surface area contributed by atoms with Gasteiger partial charge in [0.15, 0.2) is 11.0 Å². The van der Waals surface area contributed by atoms with Gasteiger partial charge in [0.2, 0.25) is 0 Å². The van der Waals surface area contributed by atoms with Crippen molar-refractivity contribution in [2.75, 3.05) is 13.2 Å². The summed E-state index contributed by atoms with van der Waals surface area (Å²) in [5, 5.41) is 0.185. The number of nitrogens with two attached hydrogens (primary N) is 1. The molecular weight excluding hydrogens is 253 g/mol. The first-order valence-corrected chi connectivity index (χ1v) is 6.92. The molecule has 0 radical (unpaired) electrons. The lowest BCUT2D eigenvalue weighted by Crippen LogP contribution is -2.14. The Kier molecular flexibility index (Phi) is 5.02. The van der Waals surface area contributed by atoms with Gasteiger partial charge in [-0.05, 0) is 37.6 Å². The number of halogens is 1. The van der Waals surface area contributed by atoms with E-state index in [-0.39, 0.29) is 24.2 Å². The van der Waals surface area contributed by atoms with E-state index in [1.807, 2.05) is 0 Å². The summed E-state index contributed by atoms with van der Waals surface area (Å²) in [5.41, 5.74) is 5.79. The second kappa shape index (κ2) is 5.84. The second-order valence-electron chi connectivity index (χ2n) is 2.96. The van der Waals surface area contributed by atoms with E-state index in [1.165, 1.54) is 6.07 Å². The van der Waals surface area contributed by atoms with E-state index in [0.29, 0.717) is 0 Å². The van der Waals surface area contributed by atoms with Crippen LogP contribution in [0.15, 0.2) is 16.5 Å². The molecule has 0 aliphatic heterocycles. The Morgan fingerprint density at radius 1 is 1.44 bits per heavy atom. The fraction of sp³-hybridized carbons (Fsp3) is 0.556. The molecule has 0 aliphatic carbocycles. The third kappa shape index (κ3) is 3.09. The van der Waals surface area contributed by atoms with Crippen molar-refractivity contribution in [1.82, 2.24) is 0 Å². The molecule has 0 aliphatic rings. The largest absolute Gasteiger partial charge is 0.447 e. The predicted molar refractivity (Wildman–Crippen MR) is 61.5 cm³/mol. The normalized spacial score (nSPS) is 14.0. The molecule has 0 unspecified atom stereocenters. The smallest absolute Gasteiger partial charge is 0.354 e. The van der Waals surface area contributed by atoms with Crippen LogP contribution in [0.1, 0.15) is 25.4 Å². The Hall–Kier alpha value is -0.320. The lowest BCUT2D eigenvalue weighted by atomic mass is 10.4. The maximum atomic E-state index is 12.3. The number of hydrogen-bond donors (Lipinski definition) is 1. The summed E-state index contributed by atoms with van der Waals surface area (Å²) in [5.74, 6) is -0.671. The highest BCUT2D eigenvalue weighted by molar-refractivity contribution is 7.54. The van der Waals surface area contributed by atoms with Gasteiger partial charge in [0.25, 0.3) is 0 Å². The lowest BCUT2D eigenvalue weighted by molar-refractivity contribution is 0.209. The maximum Gasteiger partial charge on any atom is 0.354 e. The van der Waals surface area contributed by atoms with Crippen LogP contribution in [0.2, 0.25) is 5.22 Å². The minimum absolute atomic E-state index is 0.185. The first-order valence-electron chi connectivity index (χ1n) is 4.93. The van der Waals surface area contributed by atoms with Gasteiger partial charge in [-0.25, -0.2) is 0 Å². The van der Waals surface area contributed by atoms with E-state index >= 15 is 0 Å². The van der Waals surface area contributed by atoms with Crippen LogP contribution in [0, 0.1) is 0 Å². The summed E-state index contributed by atoms with van der Waals surface area (Å²) in [7, 11) is -3.39. The zero-order valence-corrected chi connectivity index (χ0v) is 10.8. The molecule has 0 aromatic carbocycles. The van der Waals surface area contributed by atoms with Crippen LogP contribution in [0.3, 0.4) is 0 Å². The summed E-state index contributed by atoms with van der Waals surface area (Å²) in [6, 6.07) is 3.08. The third-order valence-corrected chi connectivity index (χ3v) is 4.22. The van der Waals surface area contributed by atoms with Gasteiger partial charge in [-0.15, -0.1) is 0 Å². The van der Waals surface area contributed by atoms with Gasteiger partial charge in [-0.3, -0.25) is 4.57 Å². The van der Waals surface area contributed by atoms with Gasteiger partial charge in [-0.2, -0.15) is 0 Å². The SMILES string of the molecule is CCOP(=O)(OCC)[C@H](N)c1ccc(Cl)o1. The quantitative estimate of drug-likeness (QED) is 0.801. The van der Waals surface area contributed by atoms with Crippen molar-refractivity contribution in [3.8, 4) is 0 Å². The van der Waals surface area contributed by atoms with Crippen LogP contribution < -0.4 is 5.73 Å². The highest BCUT2D eigenvalue weighted by Gasteiger charge is 2.36. The van der Waals surface area contributed by atoms with Gasteiger partial charge in [-0.1, -0.05) is 0 Å². The Bertz CT molecular complexity index is 371. The van der Waals surface area contributed by atoms with Crippen molar-refractivity contribution in [2.24, 2.45) is 5.73 Å². The van der Waals surface area contributed by atoms with Crippen molar-refractivity contribution < 1.29 is 18.0 Å². The summed E-state index contributed by atoms with van der Waals surface area (Å²) in [6.45, 7) is 3.93. The highest BCUT2D eigenvalue weighted by atomic mass is 35.5. The van der Waals surface area contributed by atoms with Crippen molar-refractivity contribution >= 4 is 19.2 Å². The van der Waals surface area contributed by atoms with E-state index in [9.17, 15) is 4.57 Å². The first-order chi connectivity index (χ1) is 7.53. The van der Waals surface area contributed by atoms with Crippen molar-refractivity contribution in [3.63, 3.8) is 0 Å². The minimum atomic E-state index is -3.39. The fourth-order valence-electron chi connectivity index (χ4n) is 1.20. The monoisotopic (exact) mass is 267 g/mol. The molecular formula is C9H15ClNO4P. The minimum Gasteiger partial charge on any atom is -0.447 e. The van der Waals surface area contributed by atoms with E-state index in [0.717, 1.165) is 0 Å². The summed E-state index contributed by atoms with van der Waals surface area (Å²) in [6.07, 6.45) is 0. The van der Waals surface area contributed by atoms with Crippen LogP contribution in [0.25, 0.3) is 0 Å². The molecule has 2 N–H and O–H groups in total. The van der Waals surface area contributed by atoms with Crippen LogP contribution in [0.4, 0.5) is 0 Å². The lowest BCUT2D eigenvalue weighted by Gasteiger charge is -2.21. The molecule has 5 nitrogen and oxygen atoms in total. The molecule has 16 heavy (non-hydrogen) atoms. The average molecular weight is 268 g/mol. The van der Waals surface area contributed by atoms with E-state index in [4.69, 9.17) is 30.8 Å². The average Bonchev–Trinajstić information content (AvgIpc) is 2.64. The molecule has 1 atom stereocenters. The number of hydrogen-bond acceptors (Lipinski definition) is 5. The molecule has 1 aromatic heterocycles. The Labute approximate surface area is 99.4 Å². The molecule has 1 rings (SSSR count). The highest BCUT2D eigenvalue weighted by Crippen LogP contribution is 2.58. The Morgan fingerprint density at radius 3 is 2.38 bits per heavy atom. The molecule has 0 spiro atoms. The predicted octanol–water partition coefficient (Wildman–Crippen LogP) is 3.16. The summed E-state index contributed by atoms with van der Waals surface area (Å²) in [4.78, 5) is 0. The summed E-state index contributed by atoms with van der Waals surface area (Å²) < 4.78 is 27.5. The first kappa shape index (κ1) is 13.7. The van der Waals surface area contributed by atoms with Crippen LogP contribution >= 0.6 is 19.2 Å².